The molecule has 1 saturated heterocycles. The highest BCUT2D eigenvalue weighted by Crippen LogP contribution is 2.44. The summed E-state index contributed by atoms with van der Waals surface area (Å²) in [6, 6.07) is 1.79. The smallest absolute Gasteiger partial charge is 0.263 e. The van der Waals surface area contributed by atoms with Gasteiger partial charge in [-0.2, -0.15) is 5.10 Å². The van der Waals surface area contributed by atoms with Gasteiger partial charge in [-0.15, -0.1) is 11.6 Å². The van der Waals surface area contributed by atoms with Gasteiger partial charge in [0.15, 0.2) is 5.82 Å². The third-order valence-electron chi connectivity index (χ3n) is 7.92. The molecule has 1 atom stereocenters. The lowest BCUT2D eigenvalue weighted by Crippen LogP contribution is -2.50. The van der Waals surface area contributed by atoms with Crippen molar-refractivity contribution in [3.8, 4) is 5.75 Å². The molecule has 1 amide bonds. The Labute approximate surface area is 217 Å². The topological polar surface area (TPSA) is 119 Å². The van der Waals surface area contributed by atoms with Crippen LogP contribution in [0.15, 0.2) is 18.5 Å². The number of halogens is 1. The number of alkyl halides is 1. The fraction of sp³-hybridized carbons (Fsp3) is 0.654. The first-order valence-electron chi connectivity index (χ1n) is 13.5. The first-order chi connectivity index (χ1) is 17.6. The van der Waals surface area contributed by atoms with Gasteiger partial charge in [0.25, 0.3) is 5.91 Å². The summed E-state index contributed by atoms with van der Waals surface area (Å²) >= 11 is 6.99. The lowest BCUT2D eigenvalue weighted by Gasteiger charge is -2.43. The number of carbonyl (C=O) groups is 1. The summed E-state index contributed by atoms with van der Waals surface area (Å²) in [5, 5.41) is 14.3. The molecule has 2 aliphatic heterocycles. The number of nitrogens with zero attached hydrogens (tertiary/aromatic N) is 3. The first-order valence-corrected chi connectivity index (χ1v) is 13.9. The van der Waals surface area contributed by atoms with E-state index in [0.717, 1.165) is 51.6 Å². The number of piperidine rings is 1. The summed E-state index contributed by atoms with van der Waals surface area (Å²) in [5.41, 5.74) is 6.93. The van der Waals surface area contributed by atoms with E-state index in [1.54, 1.807) is 18.5 Å². The molecule has 5 N–H and O–H groups in total. The van der Waals surface area contributed by atoms with Crippen molar-refractivity contribution in [3.05, 3.63) is 24.0 Å². The summed E-state index contributed by atoms with van der Waals surface area (Å²) in [6.45, 7) is 2.42. The summed E-state index contributed by atoms with van der Waals surface area (Å²) in [7, 11) is 0. The molecule has 36 heavy (non-hydrogen) atoms. The number of carbonyl (C=O) groups excluding carboxylic acids is 1. The summed E-state index contributed by atoms with van der Waals surface area (Å²) in [5.74, 6) is 1.15. The Hall–Kier alpha value is -2.52. The molecule has 0 radical (unpaired) electrons. The lowest BCUT2D eigenvalue weighted by atomic mass is 9.81. The number of amides is 1. The van der Waals surface area contributed by atoms with E-state index in [1.165, 1.54) is 32.1 Å². The number of nitrogens with one attached hydrogen (secondary N) is 3. The molecule has 1 aliphatic carbocycles. The van der Waals surface area contributed by atoms with E-state index in [1.807, 2.05) is 4.68 Å². The van der Waals surface area contributed by atoms with Crippen LogP contribution in [0.3, 0.4) is 0 Å². The van der Waals surface area contributed by atoms with Crippen LogP contribution in [0.2, 0.25) is 0 Å². The average Bonchev–Trinajstić information content (AvgIpc) is 3.24. The maximum absolute atomic E-state index is 13.6. The molecule has 9 nitrogen and oxygen atoms in total. The van der Waals surface area contributed by atoms with Gasteiger partial charge in [0.05, 0.1) is 17.1 Å². The number of nitrogen functional groups attached to an aromatic ring is 1. The maximum Gasteiger partial charge on any atom is 0.263 e. The van der Waals surface area contributed by atoms with Crippen LogP contribution in [0.25, 0.3) is 0 Å². The highest BCUT2D eigenvalue weighted by molar-refractivity contribution is 6.22. The van der Waals surface area contributed by atoms with Gasteiger partial charge < -0.3 is 26.4 Å². The predicted octanol–water partition coefficient (Wildman–Crippen LogP) is 4.50. The van der Waals surface area contributed by atoms with E-state index >= 15 is 0 Å². The van der Waals surface area contributed by atoms with Crippen molar-refractivity contribution < 1.29 is 9.53 Å². The molecule has 1 spiro atoms. The van der Waals surface area contributed by atoms with Gasteiger partial charge in [-0.1, -0.05) is 44.9 Å². The van der Waals surface area contributed by atoms with Crippen LogP contribution < -0.4 is 26.4 Å². The summed E-state index contributed by atoms with van der Waals surface area (Å²) in [6.07, 6.45) is 15.5. The lowest BCUT2D eigenvalue weighted by molar-refractivity contribution is 0.102. The zero-order chi connectivity index (χ0) is 25.0. The largest absolute Gasteiger partial charge is 0.488 e. The van der Waals surface area contributed by atoms with Crippen LogP contribution in [-0.2, 0) is 5.54 Å². The van der Waals surface area contributed by atoms with Crippen molar-refractivity contribution in [1.82, 2.24) is 20.1 Å². The van der Waals surface area contributed by atoms with Gasteiger partial charge in [-0.05, 0) is 38.8 Å². The van der Waals surface area contributed by atoms with E-state index < -0.39 is 0 Å². The Morgan fingerprint density at radius 3 is 2.56 bits per heavy atom. The van der Waals surface area contributed by atoms with Crippen molar-refractivity contribution in [2.75, 3.05) is 36.0 Å². The fourth-order valence-corrected chi connectivity index (χ4v) is 6.29. The van der Waals surface area contributed by atoms with E-state index in [4.69, 9.17) is 27.2 Å². The zero-order valence-electron chi connectivity index (χ0n) is 20.9. The van der Waals surface area contributed by atoms with E-state index in [-0.39, 0.29) is 28.7 Å². The van der Waals surface area contributed by atoms with Crippen molar-refractivity contribution in [2.24, 2.45) is 0 Å². The SMILES string of the molecule is Nc1nn2c(c1C(=O)Nc1cnccc1OC1CCNCC1)NCC(Cl)C21CCCCCCCCC1. The van der Waals surface area contributed by atoms with E-state index in [2.05, 4.69) is 20.9 Å². The second-order valence-corrected chi connectivity index (χ2v) is 10.9. The van der Waals surface area contributed by atoms with Gasteiger partial charge in [-0.25, -0.2) is 4.68 Å². The van der Waals surface area contributed by atoms with Gasteiger partial charge in [-0.3, -0.25) is 9.78 Å². The van der Waals surface area contributed by atoms with Crippen molar-refractivity contribution >= 4 is 34.8 Å². The highest BCUT2D eigenvalue weighted by Gasteiger charge is 2.46. The van der Waals surface area contributed by atoms with Crippen LogP contribution >= 0.6 is 11.6 Å². The number of hydrogen-bond acceptors (Lipinski definition) is 7. The third-order valence-corrected chi connectivity index (χ3v) is 8.48. The fourth-order valence-electron chi connectivity index (χ4n) is 5.91. The number of anilines is 3. The Balaban J connectivity index is 1.41. The monoisotopic (exact) mass is 515 g/mol. The number of aromatic nitrogens is 3. The minimum absolute atomic E-state index is 0.105. The number of pyridine rings is 1. The second kappa shape index (κ2) is 11.3. The normalized spacial score (nSPS) is 22.9. The molecule has 2 aromatic heterocycles. The number of nitrogens with two attached hydrogens (primary N) is 1. The molecule has 1 unspecified atom stereocenters. The number of rotatable bonds is 4. The van der Waals surface area contributed by atoms with Crippen LogP contribution in [0.1, 0.15) is 81.0 Å². The molecule has 4 heterocycles. The molecular weight excluding hydrogens is 478 g/mol. The Kier molecular flexibility index (Phi) is 7.86. The maximum atomic E-state index is 13.6. The Bertz CT molecular complexity index is 1040. The second-order valence-electron chi connectivity index (χ2n) is 10.3. The van der Waals surface area contributed by atoms with E-state index in [9.17, 15) is 4.79 Å². The summed E-state index contributed by atoms with van der Waals surface area (Å²) < 4.78 is 8.16. The standard InChI is InChI=1S/C26H38ClN7O2/c27-21-17-31-24-22(23(28)33-34(24)26(21)11-6-4-2-1-3-5-7-12-26)25(35)32-19-16-30-15-10-20(19)36-18-8-13-29-14-9-18/h10,15-16,18,21,29,31H,1-9,11-14,17H2,(H2,28,33)(H,32,35). The van der Waals surface area contributed by atoms with Gasteiger partial charge in [0.2, 0.25) is 0 Å². The minimum Gasteiger partial charge on any atom is -0.488 e. The van der Waals surface area contributed by atoms with Gasteiger partial charge in [0.1, 0.15) is 28.9 Å². The van der Waals surface area contributed by atoms with Crippen molar-refractivity contribution in [1.29, 1.82) is 0 Å². The molecule has 1 saturated carbocycles. The number of fused-ring (bicyclic) bond motifs is 2. The molecule has 2 fully saturated rings. The Morgan fingerprint density at radius 1 is 1.14 bits per heavy atom. The molecule has 2 aromatic rings. The van der Waals surface area contributed by atoms with Crippen molar-refractivity contribution in [3.63, 3.8) is 0 Å². The predicted molar refractivity (Wildman–Crippen MR) is 143 cm³/mol. The number of ether oxygens (including phenoxy) is 1. The quantitative estimate of drug-likeness (QED) is 0.443. The number of hydrogen-bond donors (Lipinski definition) is 4. The molecule has 3 aliphatic rings. The molecule has 0 bridgehead atoms. The average molecular weight is 516 g/mol. The van der Waals surface area contributed by atoms with Crippen LogP contribution in [0.5, 0.6) is 5.75 Å². The van der Waals surface area contributed by atoms with E-state index in [0.29, 0.717) is 29.4 Å². The van der Waals surface area contributed by atoms with Gasteiger partial charge >= 0.3 is 0 Å². The van der Waals surface area contributed by atoms with Crippen molar-refractivity contribution in [2.45, 2.75) is 87.6 Å². The van der Waals surface area contributed by atoms with Crippen LogP contribution in [0, 0.1) is 0 Å². The molecular formula is C26H38ClN7O2. The molecule has 0 aromatic carbocycles. The minimum atomic E-state index is -0.344. The highest BCUT2D eigenvalue weighted by atomic mass is 35.5. The van der Waals surface area contributed by atoms with Crippen LogP contribution in [-0.4, -0.2) is 51.8 Å². The first kappa shape index (κ1) is 25.1. The molecule has 196 valence electrons. The summed E-state index contributed by atoms with van der Waals surface area (Å²) in [4.78, 5) is 17.8. The third kappa shape index (κ3) is 5.13. The molecule has 10 heteroatoms. The van der Waals surface area contributed by atoms with Gasteiger partial charge in [0, 0.05) is 18.8 Å². The molecule has 5 rings (SSSR count). The zero-order valence-corrected chi connectivity index (χ0v) is 21.7. The Morgan fingerprint density at radius 2 is 1.83 bits per heavy atom. The van der Waals surface area contributed by atoms with Crippen LogP contribution in [0.4, 0.5) is 17.3 Å².